The second-order valence-electron chi connectivity index (χ2n) is 8.39. The van der Waals surface area contributed by atoms with Crippen LogP contribution < -0.4 is 0 Å². The Hall–Kier alpha value is -0.960. The van der Waals surface area contributed by atoms with Gasteiger partial charge in [-0.1, -0.05) is 26.3 Å². The summed E-state index contributed by atoms with van der Waals surface area (Å²) in [4.78, 5) is 24.6. The fraction of sp³-hybridized carbons (Fsp3) is 0.789. The van der Waals surface area contributed by atoms with E-state index < -0.39 is 0 Å². The van der Waals surface area contributed by atoms with Crippen LogP contribution in [0.3, 0.4) is 0 Å². The van der Waals surface area contributed by atoms with Crippen LogP contribution in [0.25, 0.3) is 0 Å². The van der Waals surface area contributed by atoms with Crippen LogP contribution in [0.5, 0.6) is 0 Å². The van der Waals surface area contributed by atoms with Crippen LogP contribution in [-0.4, -0.2) is 25.3 Å². The molecule has 0 spiro atoms. The first kappa shape index (κ1) is 15.9. The molecular formula is C19H28O3. The zero-order valence-electron chi connectivity index (χ0n) is 14.3. The summed E-state index contributed by atoms with van der Waals surface area (Å²) < 4.78 is 5.56. The minimum Gasteiger partial charge on any atom is -0.384 e. The molecule has 2 saturated carbocycles. The van der Waals surface area contributed by atoms with Crippen LogP contribution in [0.4, 0.5) is 0 Å². The summed E-state index contributed by atoms with van der Waals surface area (Å²) in [7, 11) is 1.76. The Kier molecular flexibility index (Phi) is 3.63. The van der Waals surface area contributed by atoms with Gasteiger partial charge in [0, 0.05) is 30.8 Å². The molecule has 2 fully saturated rings. The number of hydrogen-bond donors (Lipinski definition) is 0. The van der Waals surface area contributed by atoms with Crippen molar-refractivity contribution in [1.29, 1.82) is 0 Å². The standard InChI is InChI=1S/C19H28O3/c1-17(2)14-6-10-19(12-22-4)9-5-13(20)11-15(19)18(14,3)8-7-16(17)21/h11,14H,5-10,12H2,1-4H3/t14-,18-,19+/m0/s1. The van der Waals surface area contributed by atoms with Gasteiger partial charge >= 0.3 is 0 Å². The van der Waals surface area contributed by atoms with Gasteiger partial charge < -0.3 is 4.74 Å². The minimum absolute atomic E-state index is 0.0182. The molecule has 3 atom stereocenters. The molecule has 0 N–H and O–H groups in total. The molecule has 0 heterocycles. The van der Waals surface area contributed by atoms with Gasteiger partial charge in [-0.2, -0.15) is 0 Å². The Morgan fingerprint density at radius 3 is 2.55 bits per heavy atom. The monoisotopic (exact) mass is 304 g/mol. The molecule has 3 heteroatoms. The average Bonchev–Trinajstić information content (AvgIpc) is 2.45. The molecule has 3 aliphatic rings. The highest BCUT2D eigenvalue weighted by Gasteiger charge is 2.59. The third-order valence-electron chi connectivity index (χ3n) is 6.90. The predicted molar refractivity (Wildman–Crippen MR) is 85.5 cm³/mol. The predicted octanol–water partition coefficient (Wildman–Crippen LogP) is 3.71. The van der Waals surface area contributed by atoms with Crippen LogP contribution in [0, 0.1) is 22.2 Å². The maximum absolute atomic E-state index is 12.4. The van der Waals surface area contributed by atoms with Crippen molar-refractivity contribution >= 4 is 11.6 Å². The Balaban J connectivity index is 2.10. The summed E-state index contributed by atoms with van der Waals surface area (Å²) in [5.74, 6) is 0.971. The van der Waals surface area contributed by atoms with Crippen LogP contribution in [-0.2, 0) is 14.3 Å². The van der Waals surface area contributed by atoms with Gasteiger partial charge in [0.05, 0.1) is 6.61 Å². The number of allylic oxidation sites excluding steroid dienone is 1. The third kappa shape index (κ3) is 2.05. The highest BCUT2D eigenvalue weighted by molar-refractivity contribution is 5.92. The number of ketones is 2. The van der Waals surface area contributed by atoms with Gasteiger partial charge in [-0.3, -0.25) is 9.59 Å². The van der Waals surface area contributed by atoms with Crippen molar-refractivity contribution in [2.75, 3.05) is 13.7 Å². The van der Waals surface area contributed by atoms with E-state index in [0.717, 1.165) is 25.7 Å². The lowest BCUT2D eigenvalue weighted by Gasteiger charge is -2.60. The third-order valence-corrected chi connectivity index (χ3v) is 6.90. The molecule has 0 bridgehead atoms. The van der Waals surface area contributed by atoms with Gasteiger partial charge in [0.15, 0.2) is 5.78 Å². The Labute approximate surface area is 133 Å². The molecule has 0 unspecified atom stereocenters. The van der Waals surface area contributed by atoms with Crippen molar-refractivity contribution < 1.29 is 14.3 Å². The molecule has 0 aliphatic heterocycles. The average molecular weight is 304 g/mol. The van der Waals surface area contributed by atoms with E-state index >= 15 is 0 Å². The number of ether oxygens (including phenoxy) is 1. The number of carbonyl (C=O) groups is 2. The minimum atomic E-state index is -0.284. The smallest absolute Gasteiger partial charge is 0.155 e. The summed E-state index contributed by atoms with van der Waals surface area (Å²) in [6.45, 7) is 7.19. The zero-order valence-corrected chi connectivity index (χ0v) is 14.3. The Morgan fingerprint density at radius 2 is 1.86 bits per heavy atom. The van der Waals surface area contributed by atoms with Crippen molar-refractivity contribution in [2.24, 2.45) is 22.2 Å². The molecule has 0 aromatic carbocycles. The molecular weight excluding hydrogens is 276 g/mol. The second kappa shape index (κ2) is 5.02. The molecule has 0 amide bonds. The van der Waals surface area contributed by atoms with Gasteiger partial charge in [0.25, 0.3) is 0 Å². The molecule has 0 aromatic rings. The number of Topliss-reactive ketones (excluding diaryl/α,β-unsaturated/α-hetero) is 1. The van der Waals surface area contributed by atoms with Crippen LogP contribution in [0.1, 0.15) is 59.3 Å². The van der Waals surface area contributed by atoms with Crippen molar-refractivity contribution in [2.45, 2.75) is 59.3 Å². The summed E-state index contributed by atoms with van der Waals surface area (Å²) >= 11 is 0. The highest BCUT2D eigenvalue weighted by atomic mass is 16.5. The van der Waals surface area contributed by atoms with Crippen molar-refractivity contribution in [1.82, 2.24) is 0 Å². The number of rotatable bonds is 2. The first-order chi connectivity index (χ1) is 10.3. The van der Waals surface area contributed by atoms with E-state index in [1.54, 1.807) is 7.11 Å². The summed E-state index contributed by atoms with van der Waals surface area (Å²) in [6.07, 6.45) is 7.07. The normalized spacial score (nSPS) is 40.7. The number of hydrogen-bond acceptors (Lipinski definition) is 3. The largest absolute Gasteiger partial charge is 0.384 e. The molecule has 3 nitrogen and oxygen atoms in total. The summed E-state index contributed by atoms with van der Waals surface area (Å²) in [5.41, 5.74) is 0.984. The number of methoxy groups -OCH3 is 1. The van der Waals surface area contributed by atoms with Crippen molar-refractivity contribution in [3.63, 3.8) is 0 Å². The Morgan fingerprint density at radius 1 is 1.14 bits per heavy atom. The topological polar surface area (TPSA) is 43.4 Å². The highest BCUT2D eigenvalue weighted by Crippen LogP contribution is 2.65. The maximum Gasteiger partial charge on any atom is 0.155 e. The van der Waals surface area contributed by atoms with Gasteiger partial charge in [-0.05, 0) is 43.1 Å². The molecule has 22 heavy (non-hydrogen) atoms. The van der Waals surface area contributed by atoms with Crippen molar-refractivity contribution in [3.05, 3.63) is 11.6 Å². The number of fused-ring (bicyclic) bond motifs is 3. The van der Waals surface area contributed by atoms with Gasteiger partial charge in [0.2, 0.25) is 0 Å². The van der Waals surface area contributed by atoms with Crippen molar-refractivity contribution in [3.8, 4) is 0 Å². The molecule has 3 aliphatic carbocycles. The van der Waals surface area contributed by atoms with E-state index in [1.807, 2.05) is 6.08 Å². The summed E-state index contributed by atoms with van der Waals surface area (Å²) in [5, 5.41) is 0. The lowest BCUT2D eigenvalue weighted by Crippen LogP contribution is -2.56. The van der Waals surface area contributed by atoms with E-state index in [9.17, 15) is 9.59 Å². The van der Waals surface area contributed by atoms with E-state index in [0.29, 0.717) is 31.1 Å². The van der Waals surface area contributed by atoms with E-state index in [4.69, 9.17) is 4.74 Å². The lowest BCUT2D eigenvalue weighted by atomic mass is 9.44. The molecule has 122 valence electrons. The van der Waals surface area contributed by atoms with Crippen LogP contribution >= 0.6 is 0 Å². The van der Waals surface area contributed by atoms with Crippen LogP contribution in [0.15, 0.2) is 11.6 Å². The lowest BCUT2D eigenvalue weighted by molar-refractivity contribution is -0.143. The van der Waals surface area contributed by atoms with E-state index in [-0.39, 0.29) is 22.0 Å². The first-order valence-electron chi connectivity index (χ1n) is 8.54. The Bertz CT molecular complexity index is 545. The fourth-order valence-corrected chi connectivity index (χ4v) is 5.69. The van der Waals surface area contributed by atoms with Gasteiger partial charge in [-0.15, -0.1) is 0 Å². The van der Waals surface area contributed by atoms with E-state index in [2.05, 4.69) is 20.8 Å². The quantitative estimate of drug-likeness (QED) is 0.781. The zero-order chi connectivity index (χ0) is 16.2. The van der Waals surface area contributed by atoms with Crippen LogP contribution in [0.2, 0.25) is 0 Å². The van der Waals surface area contributed by atoms with Gasteiger partial charge in [0.1, 0.15) is 5.78 Å². The van der Waals surface area contributed by atoms with Gasteiger partial charge in [-0.25, -0.2) is 0 Å². The molecule has 3 rings (SSSR count). The molecule has 0 radical (unpaired) electrons. The molecule has 0 aromatic heterocycles. The maximum atomic E-state index is 12.4. The van der Waals surface area contributed by atoms with E-state index in [1.165, 1.54) is 5.57 Å². The molecule has 0 saturated heterocycles. The number of carbonyl (C=O) groups excluding carboxylic acids is 2. The first-order valence-corrected chi connectivity index (χ1v) is 8.54. The fourth-order valence-electron chi connectivity index (χ4n) is 5.69. The SMILES string of the molecule is COC[C@]12CCC(=O)C=C1[C@@]1(C)CCC(=O)C(C)(C)[C@@H]1CC2. The summed E-state index contributed by atoms with van der Waals surface area (Å²) in [6, 6.07) is 0. The second-order valence-corrected chi connectivity index (χ2v) is 8.39.